The highest BCUT2D eigenvalue weighted by Crippen LogP contribution is 2.21. The monoisotopic (exact) mass is 331 g/mol. The molecule has 2 aromatic heterocycles. The smallest absolute Gasteiger partial charge is 0.253 e. The number of aryl methyl sites for hydroxylation is 1. The van der Waals surface area contributed by atoms with Crippen LogP contribution in [0, 0.1) is 0 Å². The number of nitrogens with zero attached hydrogens (tertiary/aromatic N) is 4. The van der Waals surface area contributed by atoms with Crippen LogP contribution < -0.4 is 5.32 Å². The second-order valence-corrected chi connectivity index (χ2v) is 6.15. The first-order valence-corrected chi connectivity index (χ1v) is 8.70. The molecule has 1 N–H and O–H groups in total. The molecule has 5 heteroatoms. The van der Waals surface area contributed by atoms with Crippen LogP contribution in [0.1, 0.15) is 36.1 Å². The highest BCUT2D eigenvalue weighted by atomic mass is 15.3. The van der Waals surface area contributed by atoms with Gasteiger partial charge >= 0.3 is 0 Å². The Morgan fingerprint density at radius 2 is 2.00 bits per heavy atom. The zero-order valence-corrected chi connectivity index (χ0v) is 14.3. The molecule has 25 heavy (non-hydrogen) atoms. The molecule has 4 rings (SSSR count). The van der Waals surface area contributed by atoms with Gasteiger partial charge in [-0.2, -0.15) is 4.98 Å². The summed E-state index contributed by atoms with van der Waals surface area (Å²) in [5.74, 6) is 1.46. The summed E-state index contributed by atoms with van der Waals surface area (Å²) >= 11 is 0. The van der Waals surface area contributed by atoms with Crippen molar-refractivity contribution in [3.8, 4) is 0 Å². The highest BCUT2D eigenvalue weighted by Gasteiger charge is 2.13. The second-order valence-electron chi connectivity index (χ2n) is 6.15. The minimum absolute atomic E-state index is 0.679. The van der Waals surface area contributed by atoms with Gasteiger partial charge in [0.2, 0.25) is 0 Å². The summed E-state index contributed by atoms with van der Waals surface area (Å²) in [6, 6.07) is 12.5. The molecule has 1 aliphatic rings. The number of fused-ring (bicyclic) bond motifs is 1. The van der Waals surface area contributed by atoms with Crippen LogP contribution >= 0.6 is 0 Å². The van der Waals surface area contributed by atoms with Crippen LogP contribution in [0.4, 0.5) is 0 Å². The number of aromatic nitrogens is 4. The van der Waals surface area contributed by atoms with Gasteiger partial charge in [0.15, 0.2) is 5.82 Å². The predicted molar refractivity (Wildman–Crippen MR) is 98.9 cm³/mol. The molecule has 1 aromatic carbocycles. The molecule has 0 unspecified atom stereocenters. The normalized spacial score (nSPS) is 13.6. The lowest BCUT2D eigenvalue weighted by Gasteiger charge is -2.07. The highest BCUT2D eigenvalue weighted by molar-refractivity contribution is 5.66. The summed E-state index contributed by atoms with van der Waals surface area (Å²) in [5, 5.41) is 8.10. The summed E-state index contributed by atoms with van der Waals surface area (Å²) < 4.78 is 1.87. The number of hydrogen-bond acceptors (Lipinski definition) is 4. The number of allylic oxidation sites excluding steroid dienone is 4. The quantitative estimate of drug-likeness (QED) is 0.753. The average molecular weight is 331 g/mol. The van der Waals surface area contributed by atoms with Crippen molar-refractivity contribution in [3.05, 3.63) is 77.4 Å². The van der Waals surface area contributed by atoms with Crippen molar-refractivity contribution in [2.45, 2.75) is 32.9 Å². The van der Waals surface area contributed by atoms with Crippen LogP contribution in [-0.2, 0) is 19.5 Å². The van der Waals surface area contributed by atoms with Gasteiger partial charge in [-0.3, -0.25) is 0 Å². The Kier molecular flexibility index (Phi) is 4.39. The summed E-state index contributed by atoms with van der Waals surface area (Å²) in [7, 11) is 0. The van der Waals surface area contributed by atoms with E-state index >= 15 is 0 Å². The van der Waals surface area contributed by atoms with E-state index < -0.39 is 0 Å². The van der Waals surface area contributed by atoms with E-state index in [2.05, 4.69) is 69.8 Å². The lowest BCUT2D eigenvalue weighted by atomic mass is 10.2. The maximum Gasteiger partial charge on any atom is 0.253 e. The minimum Gasteiger partial charge on any atom is -0.307 e. The van der Waals surface area contributed by atoms with Gasteiger partial charge in [-0.25, -0.2) is 9.50 Å². The fourth-order valence-electron chi connectivity index (χ4n) is 3.01. The molecule has 2 heterocycles. The summed E-state index contributed by atoms with van der Waals surface area (Å²) in [5.41, 5.74) is 4.55. The van der Waals surface area contributed by atoms with Crippen molar-refractivity contribution in [2.24, 2.45) is 0 Å². The van der Waals surface area contributed by atoms with Gasteiger partial charge < -0.3 is 5.32 Å². The van der Waals surface area contributed by atoms with E-state index in [1.807, 2.05) is 16.7 Å². The van der Waals surface area contributed by atoms with E-state index in [1.54, 1.807) is 0 Å². The molecule has 0 spiro atoms. The van der Waals surface area contributed by atoms with Crippen LogP contribution in [0.3, 0.4) is 0 Å². The Morgan fingerprint density at radius 3 is 2.76 bits per heavy atom. The molecule has 126 valence electrons. The number of benzene rings is 1. The molecule has 0 atom stereocenters. The van der Waals surface area contributed by atoms with Crippen LogP contribution in [0.5, 0.6) is 0 Å². The van der Waals surface area contributed by atoms with Gasteiger partial charge in [0.25, 0.3) is 5.78 Å². The third-order valence-electron chi connectivity index (χ3n) is 4.34. The zero-order chi connectivity index (χ0) is 17.1. The Hall–Kier alpha value is -2.79. The molecule has 0 saturated carbocycles. The topological polar surface area (TPSA) is 55.1 Å². The van der Waals surface area contributed by atoms with Crippen molar-refractivity contribution in [1.82, 2.24) is 24.9 Å². The maximum atomic E-state index is 4.69. The molecule has 5 nitrogen and oxygen atoms in total. The molecule has 0 saturated heterocycles. The lowest BCUT2D eigenvalue weighted by Crippen LogP contribution is -2.15. The second kappa shape index (κ2) is 6.99. The van der Waals surface area contributed by atoms with Crippen LogP contribution in [0.2, 0.25) is 0 Å². The summed E-state index contributed by atoms with van der Waals surface area (Å²) in [6.45, 7) is 3.67. The van der Waals surface area contributed by atoms with Crippen molar-refractivity contribution < 1.29 is 0 Å². The zero-order valence-electron chi connectivity index (χ0n) is 14.3. The Morgan fingerprint density at radius 1 is 1.12 bits per heavy atom. The Bertz CT molecular complexity index is 937. The van der Waals surface area contributed by atoms with E-state index in [-0.39, 0.29) is 0 Å². The fourth-order valence-corrected chi connectivity index (χ4v) is 3.01. The SMILES string of the molecule is CCc1cc(CNCc2ccccc2)nc2nc(C3=CC=CC3)nn12. The molecule has 0 aliphatic heterocycles. The van der Waals surface area contributed by atoms with E-state index in [4.69, 9.17) is 0 Å². The van der Waals surface area contributed by atoms with Crippen LogP contribution in [-0.4, -0.2) is 19.6 Å². The average Bonchev–Trinajstić information content (AvgIpc) is 3.31. The van der Waals surface area contributed by atoms with Gasteiger partial charge in [-0.05, 0) is 24.5 Å². The van der Waals surface area contributed by atoms with Gasteiger partial charge in [0, 0.05) is 24.4 Å². The van der Waals surface area contributed by atoms with Crippen LogP contribution in [0.25, 0.3) is 11.4 Å². The van der Waals surface area contributed by atoms with Crippen LogP contribution in [0.15, 0.2) is 54.6 Å². The third-order valence-corrected chi connectivity index (χ3v) is 4.34. The first kappa shape index (κ1) is 15.7. The van der Waals surface area contributed by atoms with Gasteiger partial charge in [0.05, 0.1) is 5.69 Å². The third kappa shape index (κ3) is 3.37. The first-order valence-electron chi connectivity index (χ1n) is 8.70. The van der Waals surface area contributed by atoms with Crippen molar-refractivity contribution in [3.63, 3.8) is 0 Å². The molecule has 1 aliphatic carbocycles. The Balaban J connectivity index is 1.55. The van der Waals surface area contributed by atoms with Gasteiger partial charge in [-0.1, -0.05) is 55.5 Å². The summed E-state index contributed by atoms with van der Waals surface area (Å²) in [4.78, 5) is 9.32. The van der Waals surface area contributed by atoms with Gasteiger partial charge in [-0.15, -0.1) is 5.10 Å². The van der Waals surface area contributed by atoms with Crippen molar-refractivity contribution >= 4 is 11.4 Å². The molecule has 0 radical (unpaired) electrons. The van der Waals surface area contributed by atoms with Crippen molar-refractivity contribution in [2.75, 3.05) is 0 Å². The largest absolute Gasteiger partial charge is 0.307 e. The van der Waals surface area contributed by atoms with E-state index in [0.29, 0.717) is 12.3 Å². The molecule has 3 aromatic rings. The molecular formula is C20H21N5. The number of nitrogens with one attached hydrogen (secondary N) is 1. The minimum atomic E-state index is 0.679. The fraction of sp³-hybridized carbons (Fsp3) is 0.250. The van der Waals surface area contributed by atoms with E-state index in [9.17, 15) is 0 Å². The standard InChI is InChI=1S/C20H21N5/c1-2-18-12-17(14-21-13-15-8-4-3-5-9-15)22-20-23-19(24-25(18)20)16-10-6-7-11-16/h3-10,12,21H,2,11,13-14H2,1H3. The van der Waals surface area contributed by atoms with E-state index in [1.165, 1.54) is 5.56 Å². The maximum absolute atomic E-state index is 4.69. The molecule has 0 bridgehead atoms. The Labute approximate surface area is 147 Å². The van der Waals surface area contributed by atoms with Gasteiger partial charge in [0.1, 0.15) is 0 Å². The molecule has 0 fully saturated rings. The predicted octanol–water partition coefficient (Wildman–Crippen LogP) is 3.32. The number of hydrogen-bond donors (Lipinski definition) is 1. The molecule has 0 amide bonds. The molecular weight excluding hydrogens is 310 g/mol. The first-order chi connectivity index (χ1) is 12.3. The lowest BCUT2D eigenvalue weighted by molar-refractivity contribution is 0.674. The van der Waals surface area contributed by atoms with E-state index in [0.717, 1.165) is 42.2 Å². The number of rotatable bonds is 6. The van der Waals surface area contributed by atoms with Crippen molar-refractivity contribution in [1.29, 1.82) is 0 Å². The summed E-state index contributed by atoms with van der Waals surface area (Å²) in [6.07, 6.45) is 8.03.